The molecule has 4 heteroatoms. The molecule has 13 heavy (non-hydrogen) atoms. The molecule has 1 N–H and O–H groups in total. The number of hydrogen-bond donors (Lipinski definition) is 1. The second-order valence-corrected chi connectivity index (χ2v) is 3.93. The van der Waals surface area contributed by atoms with Crippen LogP contribution in [0.1, 0.15) is 17.6 Å². The van der Waals surface area contributed by atoms with E-state index in [1.807, 2.05) is 17.5 Å². The first kappa shape index (κ1) is 9.15. The van der Waals surface area contributed by atoms with E-state index in [0.29, 0.717) is 13.0 Å². The zero-order valence-corrected chi connectivity index (χ0v) is 8.00. The van der Waals surface area contributed by atoms with E-state index in [4.69, 9.17) is 14.6 Å². The largest absolute Gasteiger partial charge is 0.396 e. The van der Waals surface area contributed by atoms with Gasteiger partial charge in [0.1, 0.15) is 0 Å². The van der Waals surface area contributed by atoms with Crippen molar-refractivity contribution < 1.29 is 14.6 Å². The zero-order chi connectivity index (χ0) is 9.10. The molecule has 2 atom stereocenters. The highest BCUT2D eigenvalue weighted by molar-refractivity contribution is 7.10. The third-order valence-corrected chi connectivity index (χ3v) is 2.87. The lowest BCUT2D eigenvalue weighted by Crippen LogP contribution is -2.11. The highest BCUT2D eigenvalue weighted by Gasteiger charge is 2.27. The second kappa shape index (κ2) is 4.19. The molecule has 1 aromatic heterocycles. The van der Waals surface area contributed by atoms with E-state index in [9.17, 15) is 0 Å². The third-order valence-electron chi connectivity index (χ3n) is 1.98. The van der Waals surface area contributed by atoms with Gasteiger partial charge in [-0.3, -0.25) is 0 Å². The lowest BCUT2D eigenvalue weighted by Gasteiger charge is -2.08. The highest BCUT2D eigenvalue weighted by atomic mass is 32.1. The van der Waals surface area contributed by atoms with Crippen molar-refractivity contribution in [3.8, 4) is 0 Å². The fraction of sp³-hybridized carbons (Fsp3) is 0.556. The van der Waals surface area contributed by atoms with Gasteiger partial charge >= 0.3 is 0 Å². The van der Waals surface area contributed by atoms with E-state index in [-0.39, 0.29) is 19.0 Å². The van der Waals surface area contributed by atoms with Crippen LogP contribution in [0.4, 0.5) is 0 Å². The molecule has 72 valence electrons. The summed E-state index contributed by atoms with van der Waals surface area (Å²) in [5.41, 5.74) is 0. The van der Waals surface area contributed by atoms with Crippen molar-refractivity contribution in [2.75, 3.05) is 13.2 Å². The van der Waals surface area contributed by atoms with Crippen molar-refractivity contribution in [2.45, 2.75) is 18.8 Å². The fourth-order valence-corrected chi connectivity index (χ4v) is 2.02. The molecule has 1 aliphatic rings. The van der Waals surface area contributed by atoms with Gasteiger partial charge in [-0.15, -0.1) is 11.3 Å². The molecule has 1 aromatic rings. The average molecular weight is 200 g/mol. The van der Waals surface area contributed by atoms with Crippen LogP contribution in [0.15, 0.2) is 17.5 Å². The Balaban J connectivity index is 1.91. The van der Waals surface area contributed by atoms with Gasteiger partial charge < -0.3 is 14.6 Å². The zero-order valence-electron chi connectivity index (χ0n) is 7.18. The Bertz CT molecular complexity index is 247. The number of aliphatic hydroxyl groups is 1. The summed E-state index contributed by atoms with van der Waals surface area (Å²) in [7, 11) is 0. The van der Waals surface area contributed by atoms with Gasteiger partial charge in [-0.1, -0.05) is 6.07 Å². The summed E-state index contributed by atoms with van der Waals surface area (Å²) >= 11 is 1.63. The van der Waals surface area contributed by atoms with Crippen LogP contribution >= 0.6 is 11.3 Å². The summed E-state index contributed by atoms with van der Waals surface area (Å²) in [6.45, 7) is 0.744. The van der Waals surface area contributed by atoms with Crippen LogP contribution in [0.3, 0.4) is 0 Å². The Labute approximate surface area is 80.9 Å². The molecule has 0 saturated carbocycles. The summed E-state index contributed by atoms with van der Waals surface area (Å²) in [6, 6.07) is 3.97. The lowest BCUT2D eigenvalue weighted by molar-refractivity contribution is -0.0601. The van der Waals surface area contributed by atoms with Crippen LogP contribution in [-0.2, 0) is 9.47 Å². The minimum atomic E-state index is -0.212. The minimum absolute atomic E-state index is 0.0529. The van der Waals surface area contributed by atoms with Gasteiger partial charge in [-0.2, -0.15) is 0 Å². The molecule has 0 radical (unpaired) electrons. The Hall–Kier alpha value is -0.420. The minimum Gasteiger partial charge on any atom is -0.396 e. The maximum absolute atomic E-state index is 8.71. The second-order valence-electron chi connectivity index (χ2n) is 2.95. The third kappa shape index (κ3) is 2.08. The summed E-state index contributed by atoms with van der Waals surface area (Å²) in [5.74, 6) is 0. The van der Waals surface area contributed by atoms with E-state index in [2.05, 4.69) is 0 Å². The molecule has 3 nitrogen and oxygen atoms in total. The Morgan fingerprint density at radius 2 is 2.54 bits per heavy atom. The van der Waals surface area contributed by atoms with Crippen molar-refractivity contribution in [3.63, 3.8) is 0 Å². The molecular weight excluding hydrogens is 188 g/mol. The van der Waals surface area contributed by atoms with E-state index in [0.717, 1.165) is 4.88 Å². The van der Waals surface area contributed by atoms with Crippen LogP contribution in [0, 0.1) is 0 Å². The van der Waals surface area contributed by atoms with Gasteiger partial charge in [-0.05, 0) is 17.9 Å². The monoisotopic (exact) mass is 200 g/mol. The van der Waals surface area contributed by atoms with Crippen molar-refractivity contribution in [2.24, 2.45) is 0 Å². The number of ether oxygens (including phenoxy) is 2. The smallest absolute Gasteiger partial charge is 0.193 e. The van der Waals surface area contributed by atoms with Crippen molar-refractivity contribution >= 4 is 11.3 Å². The molecule has 0 aliphatic carbocycles. The molecule has 1 saturated heterocycles. The molecule has 1 aliphatic heterocycles. The van der Waals surface area contributed by atoms with E-state index in [1.54, 1.807) is 11.3 Å². The van der Waals surface area contributed by atoms with Gasteiger partial charge in [0.25, 0.3) is 0 Å². The number of aliphatic hydroxyl groups excluding tert-OH is 1. The Morgan fingerprint density at radius 3 is 3.23 bits per heavy atom. The van der Waals surface area contributed by atoms with Gasteiger partial charge in [0.2, 0.25) is 0 Å². The predicted molar refractivity (Wildman–Crippen MR) is 49.6 cm³/mol. The van der Waals surface area contributed by atoms with Crippen LogP contribution in [0.25, 0.3) is 0 Å². The first-order valence-electron chi connectivity index (χ1n) is 4.31. The summed E-state index contributed by atoms with van der Waals surface area (Å²) in [5, 5.41) is 10.7. The highest BCUT2D eigenvalue weighted by Crippen LogP contribution is 2.30. The summed E-state index contributed by atoms with van der Waals surface area (Å²) in [4.78, 5) is 1.10. The van der Waals surface area contributed by atoms with Crippen LogP contribution in [0.2, 0.25) is 0 Å². The maximum Gasteiger partial charge on any atom is 0.193 e. The molecule has 2 rings (SSSR count). The number of thiophene rings is 1. The van der Waals surface area contributed by atoms with E-state index < -0.39 is 0 Å². The molecular formula is C9H12O3S. The molecule has 2 heterocycles. The first-order valence-corrected chi connectivity index (χ1v) is 5.19. The van der Waals surface area contributed by atoms with Crippen molar-refractivity contribution in [1.82, 2.24) is 0 Å². The molecule has 2 unspecified atom stereocenters. The van der Waals surface area contributed by atoms with E-state index in [1.165, 1.54) is 0 Å². The Kier molecular flexibility index (Phi) is 2.95. The topological polar surface area (TPSA) is 38.7 Å². The van der Waals surface area contributed by atoms with Gasteiger partial charge in [0.05, 0.1) is 17.6 Å². The molecule has 0 amide bonds. The molecule has 0 spiro atoms. The Morgan fingerprint density at radius 1 is 1.62 bits per heavy atom. The van der Waals surface area contributed by atoms with Crippen molar-refractivity contribution in [3.05, 3.63) is 22.4 Å². The van der Waals surface area contributed by atoms with Crippen LogP contribution < -0.4 is 0 Å². The summed E-state index contributed by atoms with van der Waals surface area (Å²) < 4.78 is 11.0. The molecule has 0 bridgehead atoms. The lowest BCUT2D eigenvalue weighted by atomic mass is 10.3. The van der Waals surface area contributed by atoms with Crippen LogP contribution in [-0.4, -0.2) is 24.4 Å². The van der Waals surface area contributed by atoms with Gasteiger partial charge in [0.15, 0.2) is 6.29 Å². The first-order chi connectivity index (χ1) is 6.40. The SMILES string of the molecule is OCCC1COC(c2cccs2)O1. The quantitative estimate of drug-likeness (QED) is 0.804. The van der Waals surface area contributed by atoms with Crippen molar-refractivity contribution in [1.29, 1.82) is 0 Å². The normalized spacial score (nSPS) is 28.1. The molecule has 0 aromatic carbocycles. The van der Waals surface area contributed by atoms with Gasteiger partial charge in [-0.25, -0.2) is 0 Å². The predicted octanol–water partition coefficient (Wildman–Crippen LogP) is 1.54. The summed E-state index contributed by atoms with van der Waals surface area (Å²) in [6.07, 6.45) is 0.496. The standard InChI is InChI=1S/C9H12O3S/c10-4-3-7-6-11-9(12-7)8-2-1-5-13-8/h1-2,5,7,9-10H,3-4,6H2. The fourth-order valence-electron chi connectivity index (χ4n) is 1.32. The average Bonchev–Trinajstić information content (AvgIpc) is 2.70. The molecule has 1 fully saturated rings. The number of rotatable bonds is 3. The van der Waals surface area contributed by atoms with Gasteiger partial charge in [0, 0.05) is 6.61 Å². The van der Waals surface area contributed by atoms with E-state index >= 15 is 0 Å². The van der Waals surface area contributed by atoms with Crippen LogP contribution in [0.5, 0.6) is 0 Å². The maximum atomic E-state index is 8.71. The number of hydrogen-bond acceptors (Lipinski definition) is 4.